The molecule has 4 atom stereocenters. The normalized spacial score (nSPS) is 32.4. The molecule has 2 bridgehead atoms. The Balaban J connectivity index is 2.04. The highest BCUT2D eigenvalue weighted by molar-refractivity contribution is 5.77. The van der Waals surface area contributed by atoms with E-state index in [0.29, 0.717) is 12.3 Å². The highest BCUT2D eigenvalue weighted by Crippen LogP contribution is 2.50. The minimum atomic E-state index is -0.481. The lowest BCUT2D eigenvalue weighted by Gasteiger charge is -2.27. The third-order valence-electron chi connectivity index (χ3n) is 3.92. The van der Waals surface area contributed by atoms with E-state index in [9.17, 15) is 9.59 Å². The summed E-state index contributed by atoms with van der Waals surface area (Å²) in [6.07, 6.45) is 5.45. The summed E-state index contributed by atoms with van der Waals surface area (Å²) in [5.41, 5.74) is -0.481. The smallest absolute Gasteiger partial charge is 0.309 e. The maximum atomic E-state index is 11.9. The van der Waals surface area contributed by atoms with E-state index >= 15 is 0 Å². The van der Waals surface area contributed by atoms with Crippen molar-refractivity contribution >= 4 is 11.9 Å². The first kappa shape index (κ1) is 14.1. The number of allylic oxidation sites excluding steroid dienone is 2. The van der Waals surface area contributed by atoms with E-state index in [-0.39, 0.29) is 29.7 Å². The van der Waals surface area contributed by atoms with Gasteiger partial charge in [-0.15, -0.1) is 0 Å². The van der Waals surface area contributed by atoms with E-state index in [0.717, 1.165) is 6.42 Å². The molecular weight excluding hydrogens is 244 g/mol. The Bertz CT molecular complexity index is 405. The van der Waals surface area contributed by atoms with E-state index in [2.05, 4.69) is 12.2 Å². The molecule has 0 spiro atoms. The Morgan fingerprint density at radius 1 is 1.21 bits per heavy atom. The quantitative estimate of drug-likeness (QED) is 0.581. The second kappa shape index (κ2) is 4.99. The van der Waals surface area contributed by atoms with Crippen molar-refractivity contribution in [2.75, 3.05) is 7.11 Å². The molecule has 2 rings (SSSR count). The van der Waals surface area contributed by atoms with Gasteiger partial charge in [0.15, 0.2) is 0 Å². The predicted molar refractivity (Wildman–Crippen MR) is 70.2 cm³/mol. The number of esters is 2. The average molecular weight is 266 g/mol. The zero-order chi connectivity index (χ0) is 14.2. The first-order valence-electron chi connectivity index (χ1n) is 6.80. The Morgan fingerprint density at radius 2 is 1.84 bits per heavy atom. The average Bonchev–Trinajstić information content (AvgIpc) is 2.85. The fraction of sp³-hybridized carbons (Fsp3) is 0.733. The van der Waals surface area contributed by atoms with Crippen LogP contribution in [0.15, 0.2) is 12.2 Å². The van der Waals surface area contributed by atoms with Crippen LogP contribution in [0.1, 0.15) is 33.6 Å². The SMILES string of the molecule is COC(=O)C1C2C=CC(C2)C1CC(=O)OC(C)(C)C. The minimum Gasteiger partial charge on any atom is -0.469 e. The van der Waals surface area contributed by atoms with Crippen LogP contribution in [0.5, 0.6) is 0 Å². The van der Waals surface area contributed by atoms with Crippen LogP contribution in [-0.2, 0) is 19.1 Å². The van der Waals surface area contributed by atoms with Gasteiger partial charge in [0.2, 0.25) is 0 Å². The van der Waals surface area contributed by atoms with E-state index in [4.69, 9.17) is 9.47 Å². The number of hydrogen-bond donors (Lipinski definition) is 0. The van der Waals surface area contributed by atoms with Gasteiger partial charge in [-0.3, -0.25) is 9.59 Å². The second-order valence-electron chi connectivity index (χ2n) is 6.45. The monoisotopic (exact) mass is 266 g/mol. The molecule has 4 nitrogen and oxygen atoms in total. The van der Waals surface area contributed by atoms with Crippen LogP contribution in [0.3, 0.4) is 0 Å². The molecule has 0 aliphatic heterocycles. The molecule has 0 radical (unpaired) electrons. The molecule has 0 aromatic rings. The summed E-state index contributed by atoms with van der Waals surface area (Å²) >= 11 is 0. The Labute approximate surface area is 114 Å². The fourth-order valence-electron chi connectivity index (χ4n) is 3.26. The number of carbonyl (C=O) groups excluding carboxylic acids is 2. The summed E-state index contributed by atoms with van der Waals surface area (Å²) in [6, 6.07) is 0. The summed E-state index contributed by atoms with van der Waals surface area (Å²) in [7, 11) is 1.41. The van der Waals surface area contributed by atoms with Crippen molar-refractivity contribution in [3.8, 4) is 0 Å². The minimum absolute atomic E-state index is 0.0253. The van der Waals surface area contributed by atoms with Crippen LogP contribution in [0, 0.1) is 23.7 Å². The van der Waals surface area contributed by atoms with Crippen LogP contribution in [0.25, 0.3) is 0 Å². The zero-order valence-electron chi connectivity index (χ0n) is 12.0. The molecule has 0 aromatic carbocycles. The maximum Gasteiger partial charge on any atom is 0.309 e. The van der Waals surface area contributed by atoms with E-state index in [1.54, 1.807) is 0 Å². The Morgan fingerprint density at radius 3 is 2.42 bits per heavy atom. The van der Waals surface area contributed by atoms with Gasteiger partial charge in [-0.05, 0) is 44.9 Å². The van der Waals surface area contributed by atoms with Gasteiger partial charge in [0.1, 0.15) is 5.60 Å². The molecular formula is C15H22O4. The molecule has 1 fully saturated rings. The standard InChI is InChI=1S/C15H22O4/c1-15(2,3)19-12(16)8-11-9-5-6-10(7-9)13(11)14(17)18-4/h5-6,9-11,13H,7-8H2,1-4H3. The van der Waals surface area contributed by atoms with Gasteiger partial charge in [-0.25, -0.2) is 0 Å². The van der Waals surface area contributed by atoms with Crippen molar-refractivity contribution in [2.24, 2.45) is 23.7 Å². The van der Waals surface area contributed by atoms with Gasteiger partial charge in [0.05, 0.1) is 13.0 Å². The van der Waals surface area contributed by atoms with Crippen molar-refractivity contribution < 1.29 is 19.1 Å². The summed E-state index contributed by atoms with van der Waals surface area (Å²) in [5, 5.41) is 0. The Kier molecular flexibility index (Phi) is 3.70. The highest BCUT2D eigenvalue weighted by atomic mass is 16.6. The lowest BCUT2D eigenvalue weighted by molar-refractivity contribution is -0.158. The van der Waals surface area contributed by atoms with Crippen molar-refractivity contribution in [2.45, 2.75) is 39.2 Å². The predicted octanol–water partition coefficient (Wildman–Crippen LogP) is 2.33. The molecule has 0 amide bonds. The maximum absolute atomic E-state index is 11.9. The first-order valence-corrected chi connectivity index (χ1v) is 6.80. The lowest BCUT2D eigenvalue weighted by atomic mass is 9.81. The van der Waals surface area contributed by atoms with E-state index in [1.165, 1.54) is 7.11 Å². The molecule has 0 N–H and O–H groups in total. The summed E-state index contributed by atoms with van der Waals surface area (Å²) in [6.45, 7) is 5.55. The first-order chi connectivity index (χ1) is 8.81. The van der Waals surface area contributed by atoms with Crippen LogP contribution in [0.4, 0.5) is 0 Å². The number of rotatable bonds is 3. The number of fused-ring (bicyclic) bond motifs is 2. The summed E-state index contributed by atoms with van der Waals surface area (Å²) < 4.78 is 10.2. The van der Waals surface area contributed by atoms with Gasteiger partial charge in [0.25, 0.3) is 0 Å². The number of hydrogen-bond acceptors (Lipinski definition) is 4. The number of methoxy groups -OCH3 is 1. The van der Waals surface area contributed by atoms with Crippen molar-refractivity contribution in [3.05, 3.63) is 12.2 Å². The van der Waals surface area contributed by atoms with Crippen molar-refractivity contribution in [1.29, 1.82) is 0 Å². The van der Waals surface area contributed by atoms with E-state index in [1.807, 2.05) is 20.8 Å². The molecule has 19 heavy (non-hydrogen) atoms. The fourth-order valence-corrected chi connectivity index (χ4v) is 3.26. The van der Waals surface area contributed by atoms with Gasteiger partial charge in [-0.2, -0.15) is 0 Å². The number of carbonyl (C=O) groups is 2. The molecule has 2 aliphatic rings. The highest BCUT2D eigenvalue weighted by Gasteiger charge is 2.49. The molecule has 1 saturated carbocycles. The molecule has 4 unspecified atom stereocenters. The molecule has 106 valence electrons. The summed E-state index contributed by atoms with van der Waals surface area (Å²) in [4.78, 5) is 23.8. The second-order valence-corrected chi connectivity index (χ2v) is 6.45. The van der Waals surface area contributed by atoms with Crippen LogP contribution < -0.4 is 0 Å². The van der Waals surface area contributed by atoms with Crippen molar-refractivity contribution in [3.63, 3.8) is 0 Å². The van der Waals surface area contributed by atoms with Gasteiger partial charge in [-0.1, -0.05) is 12.2 Å². The molecule has 0 aromatic heterocycles. The largest absolute Gasteiger partial charge is 0.469 e. The van der Waals surface area contributed by atoms with Crippen LogP contribution >= 0.6 is 0 Å². The molecule has 2 aliphatic carbocycles. The van der Waals surface area contributed by atoms with Crippen molar-refractivity contribution in [1.82, 2.24) is 0 Å². The molecule has 0 heterocycles. The van der Waals surface area contributed by atoms with Crippen LogP contribution in [0.2, 0.25) is 0 Å². The van der Waals surface area contributed by atoms with Crippen LogP contribution in [-0.4, -0.2) is 24.6 Å². The lowest BCUT2D eigenvalue weighted by Crippen LogP contribution is -2.32. The molecule has 0 saturated heterocycles. The summed E-state index contributed by atoms with van der Waals surface area (Å²) in [5.74, 6) is -0.0610. The van der Waals surface area contributed by atoms with Gasteiger partial charge in [0, 0.05) is 6.42 Å². The van der Waals surface area contributed by atoms with Gasteiger partial charge < -0.3 is 9.47 Å². The zero-order valence-corrected chi connectivity index (χ0v) is 12.0. The molecule has 4 heteroatoms. The van der Waals surface area contributed by atoms with E-state index < -0.39 is 5.60 Å². The third kappa shape index (κ3) is 2.99. The Hall–Kier alpha value is -1.32. The third-order valence-corrected chi connectivity index (χ3v) is 3.92. The number of ether oxygens (including phenoxy) is 2. The van der Waals surface area contributed by atoms with Gasteiger partial charge >= 0.3 is 11.9 Å². The topological polar surface area (TPSA) is 52.6 Å².